The highest BCUT2D eigenvalue weighted by molar-refractivity contribution is 9.10. The van der Waals surface area contributed by atoms with E-state index in [9.17, 15) is 14.0 Å². The molecule has 6 nitrogen and oxygen atoms in total. The summed E-state index contributed by atoms with van der Waals surface area (Å²) in [4.78, 5) is 23.5. The minimum atomic E-state index is -0.377. The van der Waals surface area contributed by atoms with E-state index in [1.165, 1.54) is 43.0 Å². The first-order valence-corrected chi connectivity index (χ1v) is 11.1. The molecule has 1 aromatic heterocycles. The highest BCUT2D eigenvalue weighted by Crippen LogP contribution is 2.25. The molecule has 0 atom stereocenters. The van der Waals surface area contributed by atoms with Crippen molar-refractivity contribution in [1.82, 2.24) is 20.1 Å². The average molecular weight is 491 g/mol. The zero-order valence-electron chi connectivity index (χ0n) is 16.3. The molecule has 3 aromatic rings. The van der Waals surface area contributed by atoms with Gasteiger partial charge in [-0.05, 0) is 55.0 Å². The van der Waals surface area contributed by atoms with Crippen LogP contribution in [0.25, 0.3) is 5.69 Å². The van der Waals surface area contributed by atoms with Crippen LogP contribution in [0.3, 0.4) is 0 Å². The Morgan fingerprint density at radius 3 is 2.47 bits per heavy atom. The third-order valence-corrected chi connectivity index (χ3v) is 5.69. The maximum absolute atomic E-state index is 13.1. The molecule has 1 amide bonds. The molecule has 2 aromatic carbocycles. The summed E-state index contributed by atoms with van der Waals surface area (Å²) >= 11 is 4.72. The summed E-state index contributed by atoms with van der Waals surface area (Å²) in [5.41, 5.74) is 1.34. The van der Waals surface area contributed by atoms with Gasteiger partial charge < -0.3 is 5.32 Å². The van der Waals surface area contributed by atoms with Crippen molar-refractivity contribution >= 4 is 39.4 Å². The number of hydrogen-bond acceptors (Lipinski definition) is 5. The van der Waals surface area contributed by atoms with Gasteiger partial charge in [0.05, 0.1) is 5.75 Å². The van der Waals surface area contributed by atoms with Gasteiger partial charge in [-0.2, -0.15) is 0 Å². The summed E-state index contributed by atoms with van der Waals surface area (Å²) in [5, 5.41) is 11.9. The van der Waals surface area contributed by atoms with Crippen LogP contribution in [0, 0.1) is 5.82 Å². The van der Waals surface area contributed by atoms with Gasteiger partial charge in [-0.1, -0.05) is 27.7 Å². The molecule has 0 aliphatic rings. The smallest absolute Gasteiger partial charge is 0.216 e. The number of halogens is 2. The number of amides is 1. The monoisotopic (exact) mass is 490 g/mol. The molecule has 3 rings (SSSR count). The van der Waals surface area contributed by atoms with Crippen LogP contribution in [0.5, 0.6) is 0 Å². The number of nitrogens with zero attached hydrogens (tertiary/aromatic N) is 3. The number of nitrogens with one attached hydrogen (secondary N) is 1. The fourth-order valence-corrected chi connectivity index (χ4v) is 3.89. The molecule has 1 N–H and O–H groups in total. The maximum Gasteiger partial charge on any atom is 0.216 e. The Morgan fingerprint density at radius 2 is 1.80 bits per heavy atom. The fourth-order valence-electron chi connectivity index (χ4n) is 2.77. The number of hydrogen-bond donors (Lipinski definition) is 1. The van der Waals surface area contributed by atoms with E-state index in [2.05, 4.69) is 31.4 Å². The van der Waals surface area contributed by atoms with Gasteiger partial charge in [-0.15, -0.1) is 10.2 Å². The first-order valence-electron chi connectivity index (χ1n) is 9.30. The fraction of sp³-hybridized carbons (Fsp3) is 0.238. The molecule has 0 fully saturated rings. The summed E-state index contributed by atoms with van der Waals surface area (Å²) in [6.45, 7) is 2.03. The third-order valence-electron chi connectivity index (χ3n) is 4.23. The molecule has 0 radical (unpaired) electrons. The molecule has 0 saturated heterocycles. The lowest BCUT2D eigenvalue weighted by molar-refractivity contribution is -0.118. The maximum atomic E-state index is 13.1. The van der Waals surface area contributed by atoms with E-state index in [1.54, 1.807) is 0 Å². The quantitative estimate of drug-likeness (QED) is 0.276. The van der Waals surface area contributed by atoms with E-state index in [-0.39, 0.29) is 23.3 Å². The predicted molar refractivity (Wildman–Crippen MR) is 118 cm³/mol. The number of aryl methyl sites for hydroxylation is 1. The zero-order valence-corrected chi connectivity index (χ0v) is 18.7. The van der Waals surface area contributed by atoms with Crippen LogP contribution in [0.2, 0.25) is 0 Å². The molecule has 1 heterocycles. The summed E-state index contributed by atoms with van der Waals surface area (Å²) < 4.78 is 16.0. The molecule has 0 aliphatic carbocycles. The molecule has 0 unspecified atom stereocenters. The van der Waals surface area contributed by atoms with Crippen molar-refractivity contribution < 1.29 is 14.0 Å². The number of aromatic nitrogens is 3. The van der Waals surface area contributed by atoms with Gasteiger partial charge in [0.15, 0.2) is 10.9 Å². The van der Waals surface area contributed by atoms with Crippen LogP contribution in [-0.2, 0) is 11.2 Å². The summed E-state index contributed by atoms with van der Waals surface area (Å²) in [6.07, 6.45) is 1.34. The van der Waals surface area contributed by atoms with E-state index in [1.807, 2.05) is 28.8 Å². The van der Waals surface area contributed by atoms with Crippen molar-refractivity contribution in [3.05, 3.63) is 70.2 Å². The van der Waals surface area contributed by atoms with Gasteiger partial charge >= 0.3 is 0 Å². The van der Waals surface area contributed by atoms with Crippen molar-refractivity contribution in [2.75, 3.05) is 12.3 Å². The molecule has 30 heavy (non-hydrogen) atoms. The van der Waals surface area contributed by atoms with Crippen LogP contribution in [-0.4, -0.2) is 38.8 Å². The Bertz CT molecular complexity index is 1020. The summed E-state index contributed by atoms with van der Waals surface area (Å²) in [7, 11) is 0. The lowest BCUT2D eigenvalue weighted by atomic mass is 10.1. The normalized spacial score (nSPS) is 10.8. The Balaban J connectivity index is 1.77. The Morgan fingerprint density at radius 1 is 1.10 bits per heavy atom. The van der Waals surface area contributed by atoms with Crippen molar-refractivity contribution in [2.45, 2.75) is 24.9 Å². The van der Waals surface area contributed by atoms with E-state index in [0.29, 0.717) is 30.1 Å². The number of carbonyl (C=O) groups is 2. The van der Waals surface area contributed by atoms with Crippen LogP contribution in [0.1, 0.15) is 29.5 Å². The number of Topliss-reactive ketones (excluding diaryl/α,β-unsaturated/α-hetero) is 1. The van der Waals surface area contributed by atoms with Crippen molar-refractivity contribution in [2.24, 2.45) is 0 Å². The summed E-state index contributed by atoms with van der Waals surface area (Å²) in [6, 6.07) is 13.2. The molecule has 0 spiro atoms. The second kappa shape index (κ2) is 10.5. The van der Waals surface area contributed by atoms with Crippen molar-refractivity contribution in [1.29, 1.82) is 0 Å². The molecule has 0 saturated carbocycles. The Kier molecular flexibility index (Phi) is 7.75. The van der Waals surface area contributed by atoms with Crippen molar-refractivity contribution in [3.63, 3.8) is 0 Å². The summed E-state index contributed by atoms with van der Waals surface area (Å²) in [5.74, 6) is 0.349. The zero-order chi connectivity index (χ0) is 21.5. The topological polar surface area (TPSA) is 76.9 Å². The molecule has 0 aliphatic heterocycles. The molecular weight excluding hydrogens is 471 g/mol. The number of ketones is 1. The van der Waals surface area contributed by atoms with Gasteiger partial charge in [0.2, 0.25) is 5.91 Å². The van der Waals surface area contributed by atoms with Gasteiger partial charge in [0, 0.05) is 35.6 Å². The van der Waals surface area contributed by atoms with Gasteiger partial charge in [0.25, 0.3) is 0 Å². The van der Waals surface area contributed by atoms with Gasteiger partial charge in [0.1, 0.15) is 11.6 Å². The molecule has 156 valence electrons. The number of rotatable bonds is 9. The SMILES string of the molecule is CC(=O)NCCCc1nnc(SCC(=O)c2ccc(F)cc2)n1-c1ccc(Br)cc1. The second-order valence-electron chi connectivity index (χ2n) is 6.52. The highest BCUT2D eigenvalue weighted by atomic mass is 79.9. The Hall–Kier alpha value is -2.52. The van der Waals surface area contributed by atoms with Crippen molar-refractivity contribution in [3.8, 4) is 5.69 Å². The highest BCUT2D eigenvalue weighted by Gasteiger charge is 2.16. The number of thioether (sulfide) groups is 1. The predicted octanol–water partition coefficient (Wildman–Crippen LogP) is 4.21. The first-order chi connectivity index (χ1) is 14.4. The minimum Gasteiger partial charge on any atom is -0.356 e. The van der Waals surface area contributed by atoms with Crippen LogP contribution >= 0.6 is 27.7 Å². The molecule has 9 heteroatoms. The first kappa shape index (κ1) is 22.2. The van der Waals surface area contributed by atoms with E-state index >= 15 is 0 Å². The third kappa shape index (κ3) is 5.99. The van der Waals surface area contributed by atoms with E-state index in [4.69, 9.17) is 0 Å². The van der Waals surface area contributed by atoms with E-state index in [0.717, 1.165) is 16.0 Å². The lowest BCUT2D eigenvalue weighted by Crippen LogP contribution is -2.21. The largest absolute Gasteiger partial charge is 0.356 e. The second-order valence-corrected chi connectivity index (χ2v) is 8.37. The van der Waals surface area contributed by atoms with Gasteiger partial charge in [-0.25, -0.2) is 4.39 Å². The number of benzene rings is 2. The van der Waals surface area contributed by atoms with Crippen LogP contribution < -0.4 is 5.32 Å². The molecule has 0 bridgehead atoms. The molecular formula is C21H20BrFN4O2S. The minimum absolute atomic E-state index is 0.0695. The lowest BCUT2D eigenvalue weighted by Gasteiger charge is -2.10. The Labute approximate surface area is 186 Å². The number of carbonyl (C=O) groups excluding carboxylic acids is 2. The van der Waals surface area contributed by atoms with Gasteiger partial charge in [-0.3, -0.25) is 14.2 Å². The van der Waals surface area contributed by atoms with Crippen LogP contribution in [0.4, 0.5) is 4.39 Å². The van der Waals surface area contributed by atoms with Crippen LogP contribution in [0.15, 0.2) is 58.2 Å². The van der Waals surface area contributed by atoms with E-state index < -0.39 is 0 Å². The standard InChI is InChI=1S/C21H20BrFN4O2S/c1-14(28)24-12-2-3-20-25-26-21(27(20)18-10-6-16(22)7-11-18)30-13-19(29)15-4-8-17(23)9-5-15/h4-11H,2-3,12-13H2,1H3,(H,24,28). The average Bonchev–Trinajstić information content (AvgIpc) is 3.13.